The fourth-order valence-electron chi connectivity index (χ4n) is 4.95. The van der Waals surface area contributed by atoms with Gasteiger partial charge in [0, 0.05) is 35.0 Å². The standard InChI is InChI=1S/C26H29N9O/c1-35-33-24(32-34-35)16-5-12-20-21(14-16)29-26-23(20)25(28-18-8-6-17(27)7-9-18)30-22(31-26)13-15-3-10-19(36-2)11-4-15/h3-5,10-12,14,17-18H,6-9,13,27H2,1-2H3,(H2,28,29,30,31). The molecule has 4 N–H and O–H groups in total. The highest BCUT2D eigenvalue weighted by Crippen LogP contribution is 2.33. The number of benzene rings is 2. The van der Waals surface area contributed by atoms with Crippen LogP contribution in [0.25, 0.3) is 33.3 Å². The molecule has 0 saturated heterocycles. The van der Waals surface area contributed by atoms with Gasteiger partial charge in [-0.15, -0.1) is 10.2 Å². The van der Waals surface area contributed by atoms with Crippen LogP contribution >= 0.6 is 0 Å². The van der Waals surface area contributed by atoms with Crippen molar-refractivity contribution in [3.63, 3.8) is 0 Å². The minimum absolute atomic E-state index is 0.292. The van der Waals surface area contributed by atoms with E-state index in [1.807, 2.05) is 36.4 Å². The van der Waals surface area contributed by atoms with Gasteiger partial charge in [0.15, 0.2) is 0 Å². The summed E-state index contributed by atoms with van der Waals surface area (Å²) in [7, 11) is 3.43. The van der Waals surface area contributed by atoms with E-state index >= 15 is 0 Å². The summed E-state index contributed by atoms with van der Waals surface area (Å²) in [6.45, 7) is 0. The average Bonchev–Trinajstić information content (AvgIpc) is 3.48. The Bertz CT molecular complexity index is 1510. The van der Waals surface area contributed by atoms with Gasteiger partial charge in [-0.3, -0.25) is 0 Å². The van der Waals surface area contributed by atoms with Crippen LogP contribution in [0, 0.1) is 0 Å². The Labute approximate surface area is 208 Å². The van der Waals surface area contributed by atoms with Crippen LogP contribution in [0.1, 0.15) is 37.1 Å². The van der Waals surface area contributed by atoms with Crippen LogP contribution in [-0.2, 0) is 13.5 Å². The van der Waals surface area contributed by atoms with Crippen LogP contribution in [0.15, 0.2) is 42.5 Å². The third kappa shape index (κ3) is 4.35. The number of anilines is 1. The maximum atomic E-state index is 6.15. The molecule has 5 aromatic rings. The minimum Gasteiger partial charge on any atom is -0.497 e. The number of fused-ring (bicyclic) bond motifs is 3. The first-order valence-electron chi connectivity index (χ1n) is 12.3. The molecule has 10 heteroatoms. The SMILES string of the molecule is COc1ccc(Cc2nc(NC3CCC(N)CC3)c3c(n2)[nH]c2cc(-c4nnn(C)n4)ccc23)cc1. The second kappa shape index (κ2) is 9.19. The lowest BCUT2D eigenvalue weighted by Gasteiger charge is -2.27. The number of rotatable bonds is 6. The Hall–Kier alpha value is -4.05. The predicted octanol–water partition coefficient (Wildman–Crippen LogP) is 3.58. The highest BCUT2D eigenvalue weighted by atomic mass is 16.5. The van der Waals surface area contributed by atoms with Crippen molar-refractivity contribution in [1.29, 1.82) is 0 Å². The molecule has 36 heavy (non-hydrogen) atoms. The Morgan fingerprint density at radius 3 is 2.61 bits per heavy atom. The molecule has 6 rings (SSSR count). The molecule has 0 atom stereocenters. The molecule has 10 nitrogen and oxygen atoms in total. The molecule has 1 aliphatic carbocycles. The van der Waals surface area contributed by atoms with E-state index in [4.69, 9.17) is 20.4 Å². The Balaban J connectivity index is 1.42. The van der Waals surface area contributed by atoms with E-state index in [0.717, 1.165) is 76.1 Å². The van der Waals surface area contributed by atoms with Gasteiger partial charge >= 0.3 is 0 Å². The summed E-state index contributed by atoms with van der Waals surface area (Å²) in [5.74, 6) is 3.03. The summed E-state index contributed by atoms with van der Waals surface area (Å²) in [6, 6.07) is 14.8. The summed E-state index contributed by atoms with van der Waals surface area (Å²) in [5.41, 5.74) is 9.93. The van der Waals surface area contributed by atoms with Crippen LogP contribution < -0.4 is 15.8 Å². The van der Waals surface area contributed by atoms with Gasteiger partial charge in [0.2, 0.25) is 5.82 Å². The molecule has 3 aromatic heterocycles. The third-order valence-electron chi connectivity index (χ3n) is 6.90. The number of ether oxygens (including phenoxy) is 1. The van der Waals surface area contributed by atoms with E-state index < -0.39 is 0 Å². The molecule has 0 aliphatic heterocycles. The molecule has 0 radical (unpaired) electrons. The molecule has 184 valence electrons. The van der Waals surface area contributed by atoms with Crippen molar-refractivity contribution < 1.29 is 4.74 Å². The number of hydrogen-bond donors (Lipinski definition) is 3. The van der Waals surface area contributed by atoms with Crippen LogP contribution in [0.2, 0.25) is 0 Å². The molecule has 2 aromatic carbocycles. The van der Waals surface area contributed by atoms with Crippen molar-refractivity contribution in [2.75, 3.05) is 12.4 Å². The van der Waals surface area contributed by atoms with Crippen molar-refractivity contribution in [2.24, 2.45) is 12.8 Å². The predicted molar refractivity (Wildman–Crippen MR) is 139 cm³/mol. The van der Waals surface area contributed by atoms with Crippen molar-refractivity contribution in [3.05, 3.63) is 53.9 Å². The van der Waals surface area contributed by atoms with Gasteiger partial charge in [0.1, 0.15) is 23.0 Å². The zero-order valence-electron chi connectivity index (χ0n) is 20.4. The van der Waals surface area contributed by atoms with Gasteiger partial charge in [-0.05, 0) is 54.7 Å². The molecule has 0 spiro atoms. The van der Waals surface area contributed by atoms with E-state index in [1.54, 1.807) is 14.2 Å². The molecule has 1 fully saturated rings. The number of nitrogens with one attached hydrogen (secondary N) is 2. The molecular formula is C26H29N9O. The Morgan fingerprint density at radius 1 is 1.08 bits per heavy atom. The summed E-state index contributed by atoms with van der Waals surface area (Å²) in [4.78, 5) is 14.9. The number of methoxy groups -OCH3 is 1. The van der Waals surface area contributed by atoms with Gasteiger partial charge in [0.05, 0.1) is 19.5 Å². The monoisotopic (exact) mass is 483 g/mol. The maximum absolute atomic E-state index is 6.15. The average molecular weight is 484 g/mol. The number of aromatic amines is 1. The van der Waals surface area contributed by atoms with Gasteiger partial charge in [-0.1, -0.05) is 24.3 Å². The first-order chi connectivity index (χ1) is 17.6. The van der Waals surface area contributed by atoms with E-state index in [1.165, 1.54) is 4.80 Å². The van der Waals surface area contributed by atoms with Crippen LogP contribution in [-0.4, -0.2) is 54.4 Å². The molecule has 1 aliphatic rings. The highest BCUT2D eigenvalue weighted by molar-refractivity contribution is 6.11. The van der Waals surface area contributed by atoms with Gasteiger partial charge in [-0.25, -0.2) is 9.97 Å². The fourth-order valence-corrected chi connectivity index (χ4v) is 4.95. The zero-order valence-corrected chi connectivity index (χ0v) is 20.4. The summed E-state index contributed by atoms with van der Waals surface area (Å²) < 4.78 is 5.30. The van der Waals surface area contributed by atoms with E-state index in [9.17, 15) is 0 Å². The smallest absolute Gasteiger partial charge is 0.204 e. The van der Waals surface area contributed by atoms with Gasteiger partial charge in [-0.2, -0.15) is 4.80 Å². The highest BCUT2D eigenvalue weighted by Gasteiger charge is 2.22. The molecular weight excluding hydrogens is 454 g/mol. The minimum atomic E-state index is 0.292. The van der Waals surface area contributed by atoms with Crippen LogP contribution in [0.5, 0.6) is 5.75 Å². The lowest BCUT2D eigenvalue weighted by atomic mass is 9.92. The second-order valence-electron chi connectivity index (χ2n) is 9.48. The molecule has 3 heterocycles. The molecule has 0 unspecified atom stereocenters. The van der Waals surface area contributed by atoms with Crippen molar-refractivity contribution in [3.8, 4) is 17.1 Å². The van der Waals surface area contributed by atoms with Gasteiger partial charge in [0.25, 0.3) is 0 Å². The summed E-state index contributed by atoms with van der Waals surface area (Å²) in [5, 5.41) is 18.2. The maximum Gasteiger partial charge on any atom is 0.204 e. The largest absolute Gasteiger partial charge is 0.497 e. The zero-order chi connectivity index (χ0) is 24.6. The number of aromatic nitrogens is 7. The first kappa shape index (κ1) is 22.4. The number of hydrogen-bond acceptors (Lipinski definition) is 8. The fraction of sp³-hybridized carbons (Fsp3) is 0.346. The normalized spacial score (nSPS) is 18.1. The summed E-state index contributed by atoms with van der Waals surface area (Å²) >= 11 is 0. The van der Waals surface area contributed by atoms with Crippen molar-refractivity contribution in [1.82, 2.24) is 35.2 Å². The first-order valence-corrected chi connectivity index (χ1v) is 12.3. The van der Waals surface area contributed by atoms with Crippen molar-refractivity contribution >= 4 is 27.8 Å². The lowest BCUT2D eigenvalue weighted by molar-refractivity contribution is 0.410. The molecule has 1 saturated carbocycles. The molecule has 0 bridgehead atoms. The Kier molecular flexibility index (Phi) is 5.73. The topological polar surface area (TPSA) is 132 Å². The quantitative estimate of drug-likeness (QED) is 0.334. The van der Waals surface area contributed by atoms with E-state index in [0.29, 0.717) is 24.3 Å². The number of nitrogens with zero attached hydrogens (tertiary/aromatic N) is 6. The number of aryl methyl sites for hydroxylation is 1. The van der Waals surface area contributed by atoms with Crippen LogP contribution in [0.3, 0.4) is 0 Å². The van der Waals surface area contributed by atoms with E-state index in [-0.39, 0.29) is 0 Å². The van der Waals surface area contributed by atoms with E-state index in [2.05, 4.69) is 31.8 Å². The molecule has 0 amide bonds. The van der Waals surface area contributed by atoms with Crippen LogP contribution in [0.4, 0.5) is 5.82 Å². The third-order valence-corrected chi connectivity index (χ3v) is 6.90. The number of tetrazole rings is 1. The Morgan fingerprint density at radius 2 is 1.89 bits per heavy atom. The lowest BCUT2D eigenvalue weighted by Crippen LogP contribution is -2.33. The van der Waals surface area contributed by atoms with Gasteiger partial charge < -0.3 is 20.8 Å². The summed E-state index contributed by atoms with van der Waals surface area (Å²) in [6.07, 6.45) is 4.73. The second-order valence-corrected chi connectivity index (χ2v) is 9.48. The van der Waals surface area contributed by atoms with Crippen molar-refractivity contribution in [2.45, 2.75) is 44.2 Å². The number of nitrogens with two attached hydrogens (primary N) is 1. The number of H-pyrrole nitrogens is 1.